The smallest absolute Gasteiger partial charge is 0.166 e. The Hall–Kier alpha value is 0.270. The molecular formula is C4H13NO3P+. The van der Waals surface area contributed by atoms with E-state index >= 15 is 0 Å². The highest BCUT2D eigenvalue weighted by atomic mass is 31.2. The van der Waals surface area contributed by atoms with Gasteiger partial charge in [0.15, 0.2) is 0 Å². The average Bonchev–Trinajstić information content (AvgIpc) is 1.95. The highest BCUT2D eigenvalue weighted by molar-refractivity contribution is 7.59. The summed E-state index contributed by atoms with van der Waals surface area (Å²) < 4.78 is 14.8. The Labute approximate surface area is 56.1 Å². The highest BCUT2D eigenvalue weighted by Gasteiger charge is 2.40. The van der Waals surface area contributed by atoms with Crippen LogP contribution in [0, 0.1) is 0 Å². The van der Waals surface area contributed by atoms with Crippen molar-refractivity contribution < 1.29 is 13.6 Å². The fourth-order valence-corrected chi connectivity index (χ4v) is 1.49. The minimum Gasteiger partial charge on any atom is -0.166 e. The highest BCUT2D eigenvalue weighted by Crippen LogP contribution is 2.55. The van der Waals surface area contributed by atoms with Gasteiger partial charge in [-0.15, -0.1) is 5.09 Å². The summed E-state index contributed by atoms with van der Waals surface area (Å²) >= 11 is 0. The molecule has 0 bridgehead atoms. The third kappa shape index (κ3) is 2.16. The van der Waals surface area contributed by atoms with E-state index in [1.165, 1.54) is 21.3 Å². The van der Waals surface area contributed by atoms with Crippen molar-refractivity contribution in [3.8, 4) is 0 Å². The third-order valence-corrected chi connectivity index (χ3v) is 2.98. The van der Waals surface area contributed by atoms with E-state index in [4.69, 9.17) is 13.6 Å². The molecule has 0 rings (SSSR count). The minimum absolute atomic E-state index is 1.54. The van der Waals surface area contributed by atoms with E-state index in [9.17, 15) is 0 Å². The summed E-state index contributed by atoms with van der Waals surface area (Å²) in [6.45, 7) is 0. The van der Waals surface area contributed by atoms with Crippen molar-refractivity contribution in [2.24, 2.45) is 0 Å². The molecule has 0 radical (unpaired) electrons. The number of nitrogens with one attached hydrogen (secondary N) is 1. The van der Waals surface area contributed by atoms with Crippen molar-refractivity contribution in [1.82, 2.24) is 5.09 Å². The molecule has 0 saturated heterocycles. The minimum atomic E-state index is -2.17. The van der Waals surface area contributed by atoms with Crippen molar-refractivity contribution in [2.75, 3.05) is 28.4 Å². The molecule has 0 aromatic carbocycles. The normalized spacial score (nSPS) is 12.0. The van der Waals surface area contributed by atoms with Crippen LogP contribution in [-0.4, -0.2) is 28.4 Å². The second-order valence-electron chi connectivity index (χ2n) is 1.27. The van der Waals surface area contributed by atoms with Gasteiger partial charge in [0.1, 0.15) is 0 Å². The maximum Gasteiger partial charge on any atom is 0.500 e. The first-order chi connectivity index (χ1) is 4.24. The van der Waals surface area contributed by atoms with E-state index in [0.717, 1.165) is 0 Å². The van der Waals surface area contributed by atoms with Crippen molar-refractivity contribution in [2.45, 2.75) is 0 Å². The molecule has 0 unspecified atom stereocenters. The van der Waals surface area contributed by atoms with E-state index in [0.29, 0.717) is 0 Å². The zero-order valence-electron chi connectivity index (χ0n) is 6.17. The topological polar surface area (TPSA) is 39.7 Å². The second-order valence-corrected chi connectivity index (χ2v) is 3.81. The van der Waals surface area contributed by atoms with Gasteiger partial charge in [-0.3, -0.25) is 0 Å². The summed E-state index contributed by atoms with van der Waals surface area (Å²) in [4.78, 5) is 0. The first-order valence-electron chi connectivity index (χ1n) is 2.50. The van der Waals surface area contributed by atoms with Crippen molar-refractivity contribution in [1.29, 1.82) is 0 Å². The number of hydrogen-bond acceptors (Lipinski definition) is 4. The zero-order valence-corrected chi connectivity index (χ0v) is 7.07. The van der Waals surface area contributed by atoms with Crippen LogP contribution < -0.4 is 5.09 Å². The molecule has 0 aliphatic carbocycles. The Morgan fingerprint density at radius 3 is 1.33 bits per heavy atom. The molecule has 0 aliphatic rings. The van der Waals surface area contributed by atoms with E-state index in [1.54, 1.807) is 7.05 Å². The Morgan fingerprint density at radius 1 is 1.00 bits per heavy atom. The molecule has 0 aromatic heterocycles. The summed E-state index contributed by atoms with van der Waals surface area (Å²) in [6, 6.07) is 0. The standard InChI is InChI=1S/C4H13NO3P/c1-5-9(6-2,7-3)8-4/h5H,1-4H3/q+1. The van der Waals surface area contributed by atoms with Gasteiger partial charge in [-0.2, -0.15) is 13.6 Å². The number of hydrogen-bond donors (Lipinski definition) is 1. The summed E-state index contributed by atoms with van der Waals surface area (Å²) in [5.41, 5.74) is 0. The van der Waals surface area contributed by atoms with E-state index < -0.39 is 8.09 Å². The molecule has 56 valence electrons. The van der Waals surface area contributed by atoms with Crippen LogP contribution in [0.4, 0.5) is 0 Å². The number of rotatable bonds is 4. The molecule has 5 heteroatoms. The van der Waals surface area contributed by atoms with Gasteiger partial charge >= 0.3 is 8.09 Å². The molecule has 4 nitrogen and oxygen atoms in total. The second kappa shape index (κ2) is 4.14. The summed E-state index contributed by atoms with van der Waals surface area (Å²) in [5.74, 6) is 0. The molecule has 0 saturated carbocycles. The van der Waals surface area contributed by atoms with Gasteiger partial charge in [0.25, 0.3) is 0 Å². The van der Waals surface area contributed by atoms with Gasteiger partial charge in [-0.1, -0.05) is 0 Å². The largest absolute Gasteiger partial charge is 0.500 e. The Bertz CT molecular complexity index is 58.7. The first-order valence-corrected chi connectivity index (χ1v) is 4.04. The van der Waals surface area contributed by atoms with Crippen LogP contribution in [0.15, 0.2) is 0 Å². The predicted octanol–water partition coefficient (Wildman–Crippen LogP) is 0.823. The Morgan fingerprint density at radius 2 is 1.33 bits per heavy atom. The SMILES string of the molecule is CN[P+](OC)(OC)OC. The van der Waals surface area contributed by atoms with Crippen LogP contribution in [0.2, 0.25) is 0 Å². The molecule has 0 fully saturated rings. The molecular weight excluding hydrogens is 141 g/mol. The molecule has 0 atom stereocenters. The molecule has 0 amide bonds. The van der Waals surface area contributed by atoms with Crippen molar-refractivity contribution in [3.05, 3.63) is 0 Å². The van der Waals surface area contributed by atoms with Gasteiger partial charge < -0.3 is 0 Å². The first kappa shape index (κ1) is 9.27. The quantitative estimate of drug-likeness (QED) is 0.608. The summed E-state index contributed by atoms with van der Waals surface area (Å²) in [6.07, 6.45) is 0. The van der Waals surface area contributed by atoms with Crippen LogP contribution in [-0.2, 0) is 13.6 Å². The fraction of sp³-hybridized carbons (Fsp3) is 1.00. The average molecular weight is 154 g/mol. The maximum absolute atomic E-state index is 4.94. The van der Waals surface area contributed by atoms with E-state index in [-0.39, 0.29) is 0 Å². The van der Waals surface area contributed by atoms with Gasteiger partial charge in [-0.05, 0) is 0 Å². The van der Waals surface area contributed by atoms with Crippen molar-refractivity contribution >= 4 is 8.09 Å². The molecule has 0 spiro atoms. The molecule has 1 N–H and O–H groups in total. The predicted molar refractivity (Wildman–Crippen MR) is 37.0 cm³/mol. The van der Waals surface area contributed by atoms with Crippen LogP contribution in [0.1, 0.15) is 0 Å². The van der Waals surface area contributed by atoms with E-state index in [2.05, 4.69) is 5.09 Å². The van der Waals surface area contributed by atoms with Gasteiger partial charge in [-0.25, -0.2) is 0 Å². The molecule has 0 aliphatic heterocycles. The van der Waals surface area contributed by atoms with Crippen LogP contribution in [0.3, 0.4) is 0 Å². The lowest BCUT2D eigenvalue weighted by atomic mass is 11.6. The Balaban J connectivity index is 3.82. The van der Waals surface area contributed by atoms with Crippen LogP contribution in [0.25, 0.3) is 0 Å². The van der Waals surface area contributed by atoms with Crippen LogP contribution >= 0.6 is 8.09 Å². The van der Waals surface area contributed by atoms with Crippen molar-refractivity contribution in [3.63, 3.8) is 0 Å². The fourth-order valence-electron chi connectivity index (χ4n) is 0.497. The molecule has 0 aromatic rings. The maximum atomic E-state index is 4.94. The lowest BCUT2D eigenvalue weighted by Crippen LogP contribution is -2.14. The zero-order chi connectivity index (χ0) is 7.33. The van der Waals surface area contributed by atoms with Gasteiger partial charge in [0.05, 0.1) is 21.3 Å². The van der Waals surface area contributed by atoms with E-state index in [1.807, 2.05) is 0 Å². The van der Waals surface area contributed by atoms with Gasteiger partial charge in [0, 0.05) is 7.05 Å². The Kier molecular flexibility index (Phi) is 4.27. The molecule has 0 heterocycles. The summed E-state index contributed by atoms with van der Waals surface area (Å²) in [5, 5.41) is 2.81. The van der Waals surface area contributed by atoms with Crippen LogP contribution in [0.5, 0.6) is 0 Å². The monoisotopic (exact) mass is 154 g/mol. The third-order valence-electron chi connectivity index (χ3n) is 0.995. The lowest BCUT2D eigenvalue weighted by molar-refractivity contribution is 0.201. The van der Waals surface area contributed by atoms with Gasteiger partial charge in [0.2, 0.25) is 0 Å². The summed E-state index contributed by atoms with van der Waals surface area (Å²) in [7, 11) is 4.17. The lowest BCUT2D eigenvalue weighted by Gasteiger charge is -2.13. The molecule has 9 heavy (non-hydrogen) atoms.